The van der Waals surface area contributed by atoms with Crippen molar-refractivity contribution in [3.8, 4) is 9.88 Å². The summed E-state index contributed by atoms with van der Waals surface area (Å²) in [4.78, 5) is 23.1. The van der Waals surface area contributed by atoms with E-state index in [1.54, 1.807) is 23.5 Å². The summed E-state index contributed by atoms with van der Waals surface area (Å²) in [7, 11) is 0. The standard InChI is InChI=1S/C19H18FN3OS2/c1-13-17(26-18(21-13)16-7-4-12-25-16)19(24)23-10-8-22(9-11-23)15-6-3-2-5-14(15)20/h2-7,12H,8-11H2,1H3. The third-order valence-electron chi connectivity index (χ3n) is 4.48. The molecule has 0 atom stereocenters. The zero-order valence-corrected chi connectivity index (χ0v) is 15.9. The van der Waals surface area contributed by atoms with Crippen molar-refractivity contribution in [3.63, 3.8) is 0 Å². The van der Waals surface area contributed by atoms with E-state index >= 15 is 0 Å². The molecule has 1 aromatic carbocycles. The summed E-state index contributed by atoms with van der Waals surface area (Å²) < 4.78 is 14.0. The number of aryl methyl sites for hydroxylation is 1. The fourth-order valence-corrected chi connectivity index (χ4v) is 4.93. The van der Waals surface area contributed by atoms with E-state index in [1.165, 1.54) is 17.4 Å². The molecule has 7 heteroatoms. The fourth-order valence-electron chi connectivity index (χ4n) is 3.10. The summed E-state index contributed by atoms with van der Waals surface area (Å²) in [5.74, 6) is -0.192. The van der Waals surface area contributed by atoms with Crippen molar-refractivity contribution >= 4 is 34.3 Å². The van der Waals surface area contributed by atoms with Crippen LogP contribution in [0.25, 0.3) is 9.88 Å². The second-order valence-electron chi connectivity index (χ2n) is 6.14. The van der Waals surface area contributed by atoms with E-state index in [4.69, 9.17) is 0 Å². The molecule has 1 aliphatic heterocycles. The van der Waals surface area contributed by atoms with E-state index < -0.39 is 0 Å². The number of benzene rings is 1. The number of hydrogen-bond acceptors (Lipinski definition) is 5. The maximum atomic E-state index is 14.0. The monoisotopic (exact) mass is 387 g/mol. The Labute approximate surface area is 159 Å². The second kappa shape index (κ2) is 7.17. The number of para-hydroxylation sites is 1. The van der Waals surface area contributed by atoms with Gasteiger partial charge in [-0.1, -0.05) is 18.2 Å². The first-order chi connectivity index (χ1) is 12.6. The number of amides is 1. The van der Waals surface area contributed by atoms with Gasteiger partial charge < -0.3 is 9.80 Å². The Morgan fingerprint density at radius 2 is 1.88 bits per heavy atom. The van der Waals surface area contributed by atoms with Gasteiger partial charge in [-0.25, -0.2) is 9.37 Å². The number of thiazole rings is 1. The Morgan fingerprint density at radius 3 is 2.58 bits per heavy atom. The van der Waals surface area contributed by atoms with E-state index in [2.05, 4.69) is 4.98 Å². The maximum absolute atomic E-state index is 14.0. The molecule has 3 heterocycles. The number of hydrogen-bond donors (Lipinski definition) is 0. The number of anilines is 1. The number of nitrogens with zero attached hydrogens (tertiary/aromatic N) is 3. The molecule has 0 saturated carbocycles. The van der Waals surface area contributed by atoms with Gasteiger partial charge in [0.1, 0.15) is 15.7 Å². The fraction of sp³-hybridized carbons (Fsp3) is 0.263. The van der Waals surface area contributed by atoms with Crippen molar-refractivity contribution in [2.45, 2.75) is 6.92 Å². The first-order valence-electron chi connectivity index (χ1n) is 8.43. The lowest BCUT2D eigenvalue weighted by atomic mass is 10.2. The molecule has 4 rings (SSSR count). The lowest BCUT2D eigenvalue weighted by Crippen LogP contribution is -2.49. The number of carbonyl (C=O) groups excluding carboxylic acids is 1. The molecule has 1 aliphatic rings. The van der Waals surface area contributed by atoms with Crippen LogP contribution in [0, 0.1) is 12.7 Å². The average Bonchev–Trinajstić information content (AvgIpc) is 3.31. The topological polar surface area (TPSA) is 36.4 Å². The van der Waals surface area contributed by atoms with Gasteiger partial charge in [-0.3, -0.25) is 4.79 Å². The van der Waals surface area contributed by atoms with Gasteiger partial charge in [0.25, 0.3) is 5.91 Å². The van der Waals surface area contributed by atoms with E-state index in [9.17, 15) is 9.18 Å². The normalized spacial score (nSPS) is 14.7. The zero-order valence-electron chi connectivity index (χ0n) is 14.3. The summed E-state index contributed by atoms with van der Waals surface area (Å²) >= 11 is 3.08. The number of thiophene rings is 1. The molecule has 26 heavy (non-hydrogen) atoms. The molecule has 3 aromatic rings. The van der Waals surface area contributed by atoms with Crippen molar-refractivity contribution in [2.75, 3.05) is 31.1 Å². The number of halogens is 1. The summed E-state index contributed by atoms with van der Waals surface area (Å²) in [5, 5.41) is 2.90. The highest BCUT2D eigenvalue weighted by molar-refractivity contribution is 7.22. The Hall–Kier alpha value is -2.25. The van der Waals surface area contributed by atoms with E-state index in [1.807, 2.05) is 40.3 Å². The Balaban J connectivity index is 1.47. The van der Waals surface area contributed by atoms with Crippen molar-refractivity contribution in [1.82, 2.24) is 9.88 Å². The first kappa shape index (κ1) is 17.2. The van der Waals surface area contributed by atoms with Gasteiger partial charge in [0.2, 0.25) is 0 Å². The van der Waals surface area contributed by atoms with Crippen LogP contribution >= 0.6 is 22.7 Å². The molecular formula is C19H18FN3OS2. The molecule has 0 aliphatic carbocycles. The first-order valence-corrected chi connectivity index (χ1v) is 10.1. The average molecular weight is 388 g/mol. The molecule has 0 spiro atoms. The molecule has 1 fully saturated rings. The van der Waals surface area contributed by atoms with Gasteiger partial charge >= 0.3 is 0 Å². The van der Waals surface area contributed by atoms with E-state index in [-0.39, 0.29) is 11.7 Å². The zero-order chi connectivity index (χ0) is 18.1. The lowest BCUT2D eigenvalue weighted by molar-refractivity contribution is 0.0750. The van der Waals surface area contributed by atoms with Gasteiger partial charge in [0.15, 0.2) is 0 Å². The molecule has 2 aromatic heterocycles. The Morgan fingerprint density at radius 1 is 1.12 bits per heavy atom. The largest absolute Gasteiger partial charge is 0.366 e. The minimum absolute atomic E-state index is 0.0241. The third-order valence-corrected chi connectivity index (χ3v) is 6.67. The minimum Gasteiger partial charge on any atom is -0.366 e. The SMILES string of the molecule is Cc1nc(-c2cccs2)sc1C(=O)N1CCN(c2ccccc2F)CC1. The number of piperazine rings is 1. The predicted molar refractivity (Wildman–Crippen MR) is 105 cm³/mol. The van der Waals surface area contributed by atoms with Gasteiger partial charge in [0.05, 0.1) is 16.3 Å². The van der Waals surface area contributed by atoms with Crippen LogP contribution in [0.2, 0.25) is 0 Å². The highest BCUT2D eigenvalue weighted by atomic mass is 32.1. The van der Waals surface area contributed by atoms with Crippen LogP contribution < -0.4 is 4.90 Å². The van der Waals surface area contributed by atoms with Crippen LogP contribution in [0.4, 0.5) is 10.1 Å². The molecule has 1 saturated heterocycles. The maximum Gasteiger partial charge on any atom is 0.265 e. The minimum atomic E-state index is -0.217. The molecule has 134 valence electrons. The number of aromatic nitrogens is 1. The molecule has 0 radical (unpaired) electrons. The van der Waals surface area contributed by atoms with Gasteiger partial charge in [-0.2, -0.15) is 0 Å². The number of carbonyl (C=O) groups is 1. The highest BCUT2D eigenvalue weighted by Crippen LogP contribution is 2.32. The highest BCUT2D eigenvalue weighted by Gasteiger charge is 2.26. The van der Waals surface area contributed by atoms with Crippen LogP contribution in [-0.2, 0) is 0 Å². The smallest absolute Gasteiger partial charge is 0.265 e. The van der Waals surface area contributed by atoms with Crippen LogP contribution in [0.3, 0.4) is 0 Å². The summed E-state index contributed by atoms with van der Waals surface area (Å²) in [6, 6.07) is 10.8. The molecule has 0 unspecified atom stereocenters. The summed E-state index contributed by atoms with van der Waals surface area (Å²) in [5.41, 5.74) is 1.38. The van der Waals surface area contributed by atoms with Gasteiger partial charge in [0, 0.05) is 26.2 Å². The second-order valence-corrected chi connectivity index (χ2v) is 8.09. The van der Waals surface area contributed by atoms with Crippen LogP contribution in [0.1, 0.15) is 15.4 Å². The quantitative estimate of drug-likeness (QED) is 0.673. The van der Waals surface area contributed by atoms with Gasteiger partial charge in [-0.05, 0) is 30.5 Å². The van der Waals surface area contributed by atoms with Crippen molar-refractivity contribution < 1.29 is 9.18 Å². The van der Waals surface area contributed by atoms with Crippen molar-refractivity contribution in [3.05, 3.63) is 58.2 Å². The van der Waals surface area contributed by atoms with Crippen molar-refractivity contribution in [2.24, 2.45) is 0 Å². The molecule has 0 N–H and O–H groups in total. The third kappa shape index (κ3) is 3.24. The molecule has 0 bridgehead atoms. The predicted octanol–water partition coefficient (Wildman–Crippen LogP) is 4.28. The summed E-state index contributed by atoms with van der Waals surface area (Å²) in [6.45, 7) is 4.30. The van der Waals surface area contributed by atoms with Crippen LogP contribution in [0.15, 0.2) is 41.8 Å². The molecule has 4 nitrogen and oxygen atoms in total. The van der Waals surface area contributed by atoms with E-state index in [0.29, 0.717) is 36.7 Å². The summed E-state index contributed by atoms with van der Waals surface area (Å²) in [6.07, 6.45) is 0. The number of rotatable bonds is 3. The molecule has 1 amide bonds. The van der Waals surface area contributed by atoms with E-state index in [0.717, 1.165) is 15.6 Å². The van der Waals surface area contributed by atoms with Crippen LogP contribution in [0.5, 0.6) is 0 Å². The van der Waals surface area contributed by atoms with Crippen LogP contribution in [-0.4, -0.2) is 42.0 Å². The van der Waals surface area contributed by atoms with Crippen molar-refractivity contribution in [1.29, 1.82) is 0 Å². The lowest BCUT2D eigenvalue weighted by Gasteiger charge is -2.36. The molecular weight excluding hydrogens is 369 g/mol. The Bertz CT molecular complexity index is 915. The Kier molecular flexibility index (Phi) is 4.74. The van der Waals surface area contributed by atoms with Gasteiger partial charge in [-0.15, -0.1) is 22.7 Å².